The SMILES string of the molecule is CCC(Cc1ccccc1)(Nc1ccccc1Cl)C(N)=O. The minimum absolute atomic E-state index is 0.381. The molecule has 3 nitrogen and oxygen atoms in total. The molecule has 110 valence electrons. The number of primary amides is 1. The standard InChI is InChI=1S/C17H19ClN2O/c1-2-17(16(19)21,12-13-8-4-3-5-9-13)20-15-11-7-6-10-14(15)18/h3-11,20H,2,12H2,1H3,(H2,19,21). The maximum absolute atomic E-state index is 12.1. The highest BCUT2D eigenvalue weighted by Gasteiger charge is 2.35. The van der Waals surface area contributed by atoms with E-state index >= 15 is 0 Å². The van der Waals surface area contributed by atoms with Gasteiger partial charge in [0, 0.05) is 6.42 Å². The minimum atomic E-state index is -0.855. The number of carbonyl (C=O) groups excluding carboxylic acids is 1. The molecule has 1 unspecified atom stereocenters. The second-order valence-electron chi connectivity index (χ2n) is 5.07. The number of halogens is 1. The van der Waals surface area contributed by atoms with E-state index in [0.717, 1.165) is 11.3 Å². The van der Waals surface area contributed by atoms with Gasteiger partial charge >= 0.3 is 0 Å². The van der Waals surface area contributed by atoms with Gasteiger partial charge in [-0.05, 0) is 24.1 Å². The summed E-state index contributed by atoms with van der Waals surface area (Å²) in [5.74, 6) is -0.381. The van der Waals surface area contributed by atoms with Crippen molar-refractivity contribution in [3.05, 3.63) is 65.2 Å². The molecule has 1 atom stereocenters. The second-order valence-corrected chi connectivity index (χ2v) is 5.47. The number of hydrogen-bond donors (Lipinski definition) is 2. The van der Waals surface area contributed by atoms with Crippen LogP contribution in [0.3, 0.4) is 0 Å². The van der Waals surface area contributed by atoms with E-state index in [0.29, 0.717) is 17.9 Å². The van der Waals surface area contributed by atoms with Crippen LogP contribution in [0.25, 0.3) is 0 Å². The van der Waals surface area contributed by atoms with Crippen molar-refractivity contribution < 1.29 is 4.79 Å². The van der Waals surface area contributed by atoms with E-state index < -0.39 is 5.54 Å². The Kier molecular flexibility index (Phi) is 4.86. The van der Waals surface area contributed by atoms with Gasteiger partial charge in [-0.25, -0.2) is 0 Å². The van der Waals surface area contributed by atoms with Crippen LogP contribution in [0.2, 0.25) is 5.02 Å². The summed E-state index contributed by atoms with van der Waals surface area (Å²) < 4.78 is 0. The lowest BCUT2D eigenvalue weighted by atomic mass is 9.87. The lowest BCUT2D eigenvalue weighted by Crippen LogP contribution is -2.51. The fraction of sp³-hybridized carbons (Fsp3) is 0.235. The van der Waals surface area contributed by atoms with Gasteiger partial charge in [-0.1, -0.05) is 61.0 Å². The van der Waals surface area contributed by atoms with E-state index in [4.69, 9.17) is 17.3 Å². The molecule has 0 saturated heterocycles. The third-order valence-electron chi connectivity index (χ3n) is 3.67. The van der Waals surface area contributed by atoms with Crippen molar-refractivity contribution >= 4 is 23.2 Å². The van der Waals surface area contributed by atoms with Crippen LogP contribution in [0.15, 0.2) is 54.6 Å². The quantitative estimate of drug-likeness (QED) is 0.856. The number of amides is 1. The Morgan fingerprint density at radius 1 is 1.14 bits per heavy atom. The highest BCUT2D eigenvalue weighted by Crippen LogP contribution is 2.28. The summed E-state index contributed by atoms with van der Waals surface area (Å²) in [5, 5.41) is 3.83. The molecule has 0 aliphatic carbocycles. The van der Waals surface area contributed by atoms with Gasteiger partial charge in [0.05, 0.1) is 10.7 Å². The highest BCUT2D eigenvalue weighted by atomic mass is 35.5. The molecular weight excluding hydrogens is 284 g/mol. The molecule has 2 rings (SSSR count). The van der Waals surface area contributed by atoms with Gasteiger partial charge in [0.2, 0.25) is 5.91 Å². The summed E-state index contributed by atoms with van der Waals surface area (Å²) in [6, 6.07) is 17.2. The Balaban J connectivity index is 2.33. The lowest BCUT2D eigenvalue weighted by molar-refractivity contribution is -0.122. The number of benzene rings is 2. The Hall–Kier alpha value is -2.00. The van der Waals surface area contributed by atoms with Crippen molar-refractivity contribution in [2.24, 2.45) is 5.73 Å². The van der Waals surface area contributed by atoms with Crippen LogP contribution in [0.5, 0.6) is 0 Å². The molecule has 0 aliphatic rings. The third-order valence-corrected chi connectivity index (χ3v) is 4.00. The number of nitrogens with one attached hydrogen (secondary N) is 1. The number of rotatable bonds is 6. The molecule has 0 spiro atoms. The Labute approximate surface area is 130 Å². The van der Waals surface area contributed by atoms with Gasteiger partial charge in [0.15, 0.2) is 0 Å². The van der Waals surface area contributed by atoms with Gasteiger partial charge in [0.25, 0.3) is 0 Å². The van der Waals surface area contributed by atoms with Gasteiger partial charge in [-0.3, -0.25) is 4.79 Å². The van der Waals surface area contributed by atoms with Crippen LogP contribution in [0.4, 0.5) is 5.69 Å². The summed E-state index contributed by atoms with van der Waals surface area (Å²) in [7, 11) is 0. The van der Waals surface area contributed by atoms with E-state index in [1.54, 1.807) is 6.07 Å². The lowest BCUT2D eigenvalue weighted by Gasteiger charge is -2.32. The number of carbonyl (C=O) groups is 1. The molecule has 3 N–H and O–H groups in total. The first kappa shape index (κ1) is 15.4. The Morgan fingerprint density at radius 2 is 1.76 bits per heavy atom. The summed E-state index contributed by atoms with van der Waals surface area (Å²) >= 11 is 6.18. The summed E-state index contributed by atoms with van der Waals surface area (Å²) in [6.45, 7) is 1.94. The first-order valence-electron chi connectivity index (χ1n) is 6.94. The van der Waals surface area contributed by atoms with E-state index in [1.807, 2.05) is 55.5 Å². The highest BCUT2D eigenvalue weighted by molar-refractivity contribution is 6.33. The molecular formula is C17H19ClN2O. The smallest absolute Gasteiger partial charge is 0.243 e. The summed E-state index contributed by atoms with van der Waals surface area (Å²) in [6.07, 6.45) is 1.09. The number of hydrogen-bond acceptors (Lipinski definition) is 2. The van der Waals surface area contributed by atoms with Crippen LogP contribution < -0.4 is 11.1 Å². The minimum Gasteiger partial charge on any atom is -0.370 e. The first-order chi connectivity index (χ1) is 10.1. The van der Waals surface area contributed by atoms with Crippen molar-refractivity contribution in [1.82, 2.24) is 0 Å². The van der Waals surface area contributed by atoms with Crippen molar-refractivity contribution in [2.75, 3.05) is 5.32 Å². The molecule has 2 aromatic carbocycles. The van der Waals surface area contributed by atoms with Crippen LogP contribution in [-0.4, -0.2) is 11.4 Å². The number of nitrogens with two attached hydrogens (primary N) is 1. The van der Waals surface area contributed by atoms with Crippen molar-refractivity contribution in [3.63, 3.8) is 0 Å². The maximum atomic E-state index is 12.1. The molecule has 0 fully saturated rings. The molecule has 0 bridgehead atoms. The molecule has 0 aliphatic heterocycles. The average Bonchev–Trinajstić information content (AvgIpc) is 2.49. The fourth-order valence-corrected chi connectivity index (χ4v) is 2.53. The number of para-hydroxylation sites is 1. The number of anilines is 1. The van der Waals surface area contributed by atoms with Gasteiger partial charge in [-0.15, -0.1) is 0 Å². The van der Waals surface area contributed by atoms with Crippen LogP contribution in [0.1, 0.15) is 18.9 Å². The van der Waals surface area contributed by atoms with Crippen molar-refractivity contribution in [2.45, 2.75) is 25.3 Å². The molecule has 0 radical (unpaired) electrons. The summed E-state index contributed by atoms with van der Waals surface area (Å²) in [5.41, 5.74) is 6.60. The third kappa shape index (κ3) is 3.56. The first-order valence-corrected chi connectivity index (χ1v) is 7.32. The van der Waals surface area contributed by atoms with Crippen LogP contribution in [0, 0.1) is 0 Å². The molecule has 2 aromatic rings. The van der Waals surface area contributed by atoms with E-state index in [2.05, 4.69) is 5.32 Å². The van der Waals surface area contributed by atoms with Crippen molar-refractivity contribution in [3.8, 4) is 0 Å². The van der Waals surface area contributed by atoms with Crippen molar-refractivity contribution in [1.29, 1.82) is 0 Å². The topological polar surface area (TPSA) is 55.1 Å². The predicted octanol–water partition coefficient (Wildman–Crippen LogP) is 3.63. The molecule has 21 heavy (non-hydrogen) atoms. The fourth-order valence-electron chi connectivity index (χ4n) is 2.35. The Bertz CT molecular complexity index is 615. The maximum Gasteiger partial charge on any atom is 0.243 e. The summed E-state index contributed by atoms with van der Waals surface area (Å²) in [4.78, 5) is 12.1. The average molecular weight is 303 g/mol. The van der Waals surface area contributed by atoms with E-state index in [9.17, 15) is 4.79 Å². The molecule has 4 heteroatoms. The zero-order valence-electron chi connectivity index (χ0n) is 12.0. The van der Waals surface area contributed by atoms with Crippen LogP contribution in [-0.2, 0) is 11.2 Å². The van der Waals surface area contributed by atoms with Gasteiger partial charge in [-0.2, -0.15) is 0 Å². The molecule has 0 heterocycles. The molecule has 0 aromatic heterocycles. The Morgan fingerprint density at radius 3 is 2.33 bits per heavy atom. The van der Waals surface area contributed by atoms with E-state index in [-0.39, 0.29) is 5.91 Å². The molecule has 0 saturated carbocycles. The zero-order valence-corrected chi connectivity index (χ0v) is 12.7. The van der Waals surface area contributed by atoms with Gasteiger partial charge in [0.1, 0.15) is 5.54 Å². The predicted molar refractivity (Wildman–Crippen MR) is 87.4 cm³/mol. The normalized spacial score (nSPS) is 13.4. The second kappa shape index (κ2) is 6.64. The largest absolute Gasteiger partial charge is 0.370 e. The van der Waals surface area contributed by atoms with Crippen LogP contribution >= 0.6 is 11.6 Å². The van der Waals surface area contributed by atoms with Gasteiger partial charge < -0.3 is 11.1 Å². The zero-order chi connectivity index (χ0) is 15.3. The monoisotopic (exact) mass is 302 g/mol. The van der Waals surface area contributed by atoms with E-state index in [1.165, 1.54) is 0 Å². The molecule has 1 amide bonds.